The van der Waals surface area contributed by atoms with Crippen molar-refractivity contribution in [2.75, 3.05) is 39.5 Å². The molecule has 0 spiro atoms. The number of benzene rings is 1. The summed E-state index contributed by atoms with van der Waals surface area (Å²) in [6.45, 7) is 7.98. The van der Waals surface area contributed by atoms with Crippen molar-refractivity contribution in [2.45, 2.75) is 32.6 Å². The fraction of sp³-hybridized carbons (Fsp3) is 0.611. The molecule has 1 fully saturated rings. The van der Waals surface area contributed by atoms with E-state index in [0.717, 1.165) is 5.56 Å². The Bertz CT molecular complexity index is 738. The quantitative estimate of drug-likeness (QED) is 0.819. The van der Waals surface area contributed by atoms with Gasteiger partial charge in [-0.1, -0.05) is 26.8 Å². The Morgan fingerprint density at radius 2 is 1.80 bits per heavy atom. The molecule has 140 valence electrons. The van der Waals surface area contributed by atoms with Crippen LogP contribution in [0.25, 0.3) is 0 Å². The van der Waals surface area contributed by atoms with E-state index in [-0.39, 0.29) is 11.3 Å². The lowest BCUT2D eigenvalue weighted by atomic mass is 9.86. The van der Waals surface area contributed by atoms with Crippen LogP contribution in [0.4, 0.5) is 0 Å². The minimum atomic E-state index is -3.23. The average Bonchev–Trinajstić information content (AvgIpc) is 2.78. The van der Waals surface area contributed by atoms with Crippen molar-refractivity contribution in [1.29, 1.82) is 0 Å². The van der Waals surface area contributed by atoms with Crippen molar-refractivity contribution in [1.82, 2.24) is 9.21 Å². The van der Waals surface area contributed by atoms with Crippen molar-refractivity contribution in [3.63, 3.8) is 0 Å². The number of hydrogen-bond donors (Lipinski definition) is 0. The number of sulfonamides is 1. The molecular weight excluding hydrogens is 340 g/mol. The molecule has 1 heterocycles. The molecule has 0 aliphatic carbocycles. The number of nitrogens with zero attached hydrogens (tertiary/aromatic N) is 2. The molecule has 1 aromatic rings. The van der Waals surface area contributed by atoms with Crippen molar-refractivity contribution >= 4 is 15.9 Å². The fourth-order valence-corrected chi connectivity index (χ4v) is 3.81. The van der Waals surface area contributed by atoms with E-state index < -0.39 is 10.0 Å². The van der Waals surface area contributed by atoms with E-state index in [9.17, 15) is 13.2 Å². The van der Waals surface area contributed by atoms with Gasteiger partial charge in [0.25, 0.3) is 5.91 Å². The summed E-state index contributed by atoms with van der Waals surface area (Å²) in [6.07, 6.45) is 1.83. The van der Waals surface area contributed by atoms with Gasteiger partial charge in [0.2, 0.25) is 10.0 Å². The number of rotatable bonds is 3. The maximum absolute atomic E-state index is 13.0. The SMILES string of the molecule is COc1ccc(C(C)(C)C)cc1C(=O)N1CCCN(S(C)(=O)=O)CC1. The molecule has 0 unspecified atom stereocenters. The van der Waals surface area contributed by atoms with Crippen LogP contribution in [-0.4, -0.2) is 63.1 Å². The lowest BCUT2D eigenvalue weighted by Gasteiger charge is -2.24. The second-order valence-corrected chi connectivity index (χ2v) is 9.46. The Morgan fingerprint density at radius 1 is 1.12 bits per heavy atom. The van der Waals surface area contributed by atoms with Gasteiger partial charge < -0.3 is 9.64 Å². The van der Waals surface area contributed by atoms with Crippen molar-refractivity contribution < 1.29 is 17.9 Å². The standard InChI is InChI=1S/C18H28N2O4S/c1-18(2,3)14-7-8-16(24-4)15(13-14)17(21)19-9-6-10-20(12-11-19)25(5,22)23/h7-8,13H,6,9-12H2,1-5H3. The van der Waals surface area contributed by atoms with Crippen LogP contribution in [0.3, 0.4) is 0 Å². The molecule has 0 aromatic heterocycles. The summed E-state index contributed by atoms with van der Waals surface area (Å²) in [6, 6.07) is 5.69. The molecule has 25 heavy (non-hydrogen) atoms. The molecular formula is C18H28N2O4S. The summed E-state index contributed by atoms with van der Waals surface area (Å²) in [7, 11) is -1.68. The van der Waals surface area contributed by atoms with Gasteiger partial charge in [-0.2, -0.15) is 0 Å². The first-order valence-electron chi connectivity index (χ1n) is 8.47. The molecule has 1 aliphatic heterocycles. The Balaban J connectivity index is 2.28. The second kappa shape index (κ2) is 7.33. The van der Waals surface area contributed by atoms with E-state index in [1.165, 1.54) is 10.6 Å². The molecule has 1 aromatic carbocycles. The normalized spacial score (nSPS) is 17.2. The van der Waals surface area contributed by atoms with Crippen LogP contribution in [-0.2, 0) is 15.4 Å². The Kier molecular flexibility index (Phi) is 5.79. The average molecular weight is 368 g/mol. The van der Waals surface area contributed by atoms with Crippen LogP contribution in [0.5, 0.6) is 5.75 Å². The third kappa shape index (κ3) is 4.73. The summed E-state index contributed by atoms with van der Waals surface area (Å²) >= 11 is 0. The van der Waals surface area contributed by atoms with Gasteiger partial charge in [0, 0.05) is 26.2 Å². The second-order valence-electron chi connectivity index (χ2n) is 7.47. The Morgan fingerprint density at radius 3 is 2.36 bits per heavy atom. The van der Waals surface area contributed by atoms with Crippen molar-refractivity contribution in [2.24, 2.45) is 0 Å². The number of hydrogen-bond acceptors (Lipinski definition) is 4. The third-order valence-electron chi connectivity index (χ3n) is 4.51. The fourth-order valence-electron chi connectivity index (χ4n) is 2.94. The monoisotopic (exact) mass is 368 g/mol. The highest BCUT2D eigenvalue weighted by molar-refractivity contribution is 7.88. The van der Waals surface area contributed by atoms with Gasteiger partial charge in [-0.15, -0.1) is 0 Å². The number of carbonyl (C=O) groups is 1. The zero-order valence-corrected chi connectivity index (χ0v) is 16.5. The molecule has 7 heteroatoms. The lowest BCUT2D eigenvalue weighted by Crippen LogP contribution is -2.37. The molecule has 0 radical (unpaired) electrons. The van der Waals surface area contributed by atoms with Gasteiger partial charge in [-0.3, -0.25) is 4.79 Å². The lowest BCUT2D eigenvalue weighted by molar-refractivity contribution is 0.0760. The molecule has 0 saturated carbocycles. The van der Waals surface area contributed by atoms with Crippen LogP contribution in [0.15, 0.2) is 18.2 Å². The molecule has 6 nitrogen and oxygen atoms in total. The predicted octanol–water partition coefficient (Wildman–Crippen LogP) is 2.10. The van der Waals surface area contributed by atoms with Gasteiger partial charge >= 0.3 is 0 Å². The highest BCUT2D eigenvalue weighted by Crippen LogP contribution is 2.29. The van der Waals surface area contributed by atoms with Gasteiger partial charge in [0.15, 0.2) is 0 Å². The zero-order valence-electron chi connectivity index (χ0n) is 15.7. The maximum Gasteiger partial charge on any atom is 0.257 e. The summed E-state index contributed by atoms with van der Waals surface area (Å²) in [5.74, 6) is 0.431. The number of ether oxygens (including phenoxy) is 1. The largest absolute Gasteiger partial charge is 0.496 e. The van der Waals surface area contributed by atoms with E-state index in [0.29, 0.717) is 43.9 Å². The minimum Gasteiger partial charge on any atom is -0.496 e. The number of methoxy groups -OCH3 is 1. The van der Waals surface area contributed by atoms with E-state index in [2.05, 4.69) is 20.8 Å². The topological polar surface area (TPSA) is 66.9 Å². The van der Waals surface area contributed by atoms with Crippen LogP contribution >= 0.6 is 0 Å². The Labute approximate surface area is 150 Å². The molecule has 1 aliphatic rings. The highest BCUT2D eigenvalue weighted by atomic mass is 32.2. The van der Waals surface area contributed by atoms with Gasteiger partial charge in [-0.25, -0.2) is 12.7 Å². The molecule has 0 N–H and O–H groups in total. The summed E-state index contributed by atoms with van der Waals surface area (Å²) in [4.78, 5) is 14.8. The van der Waals surface area contributed by atoms with Crippen LogP contribution in [0, 0.1) is 0 Å². The number of carbonyl (C=O) groups excluding carboxylic acids is 1. The first-order chi connectivity index (χ1) is 11.5. The first-order valence-corrected chi connectivity index (χ1v) is 10.3. The van der Waals surface area contributed by atoms with Crippen molar-refractivity contribution in [3.05, 3.63) is 29.3 Å². The first kappa shape index (κ1) is 19.7. The maximum atomic E-state index is 13.0. The molecule has 0 atom stereocenters. The summed E-state index contributed by atoms with van der Waals surface area (Å²) in [5.41, 5.74) is 1.51. The van der Waals surface area contributed by atoms with Gasteiger partial charge in [0.05, 0.1) is 18.9 Å². The van der Waals surface area contributed by atoms with Crippen LogP contribution in [0.2, 0.25) is 0 Å². The van der Waals surface area contributed by atoms with Gasteiger partial charge in [0.1, 0.15) is 5.75 Å². The smallest absolute Gasteiger partial charge is 0.257 e. The van der Waals surface area contributed by atoms with E-state index in [1.54, 1.807) is 12.0 Å². The summed E-state index contributed by atoms with van der Waals surface area (Å²) < 4.78 is 30.3. The van der Waals surface area contributed by atoms with E-state index >= 15 is 0 Å². The highest BCUT2D eigenvalue weighted by Gasteiger charge is 2.27. The van der Waals surface area contributed by atoms with Crippen molar-refractivity contribution in [3.8, 4) is 5.75 Å². The molecule has 1 saturated heterocycles. The van der Waals surface area contributed by atoms with E-state index in [4.69, 9.17) is 4.74 Å². The van der Waals surface area contributed by atoms with Crippen LogP contribution in [0.1, 0.15) is 43.1 Å². The summed E-state index contributed by atoms with van der Waals surface area (Å²) in [5, 5.41) is 0. The zero-order chi connectivity index (χ0) is 18.8. The predicted molar refractivity (Wildman–Crippen MR) is 98.6 cm³/mol. The molecule has 2 rings (SSSR count). The van der Waals surface area contributed by atoms with Gasteiger partial charge in [-0.05, 0) is 29.5 Å². The number of amides is 1. The Hall–Kier alpha value is -1.60. The van der Waals surface area contributed by atoms with Crippen LogP contribution < -0.4 is 4.74 Å². The minimum absolute atomic E-state index is 0.0762. The molecule has 0 bridgehead atoms. The third-order valence-corrected chi connectivity index (χ3v) is 5.81. The molecule has 1 amide bonds. The van der Waals surface area contributed by atoms with E-state index in [1.807, 2.05) is 18.2 Å².